The molecule has 2 fully saturated rings. The number of amides is 2. The Labute approximate surface area is 198 Å². The fourth-order valence-corrected chi connectivity index (χ4v) is 5.64. The summed E-state index contributed by atoms with van der Waals surface area (Å²) in [6.07, 6.45) is 4.09. The normalized spacial score (nSPS) is 22.2. The van der Waals surface area contributed by atoms with Gasteiger partial charge in [-0.25, -0.2) is 4.79 Å². The summed E-state index contributed by atoms with van der Waals surface area (Å²) < 4.78 is 5.64. The number of carboxylic acid groups (broad SMARTS) is 1. The van der Waals surface area contributed by atoms with Gasteiger partial charge in [0.15, 0.2) is 0 Å². The standard InChI is InChI=1S/C27H30N2O5/c30-25(28-23-14-6-13-21(23)26(31)32)24(16-7-5-8-16)29-27(33)34-15-22-19-11-3-1-9-17(19)18-10-2-4-12-20(18)22/h1-4,9-12,16,21-24H,5-8,13-15H2,(H,28,30)(H,29,33)(H,31,32)/t21-,23+,24?/m0/s1. The lowest BCUT2D eigenvalue weighted by atomic mass is 9.79. The van der Waals surface area contributed by atoms with E-state index in [0.29, 0.717) is 12.8 Å². The summed E-state index contributed by atoms with van der Waals surface area (Å²) in [4.78, 5) is 37.3. The summed E-state index contributed by atoms with van der Waals surface area (Å²) in [5.74, 6) is -1.77. The highest BCUT2D eigenvalue weighted by atomic mass is 16.5. The minimum Gasteiger partial charge on any atom is -0.481 e. The van der Waals surface area contributed by atoms with Crippen molar-refractivity contribution < 1.29 is 24.2 Å². The quantitative estimate of drug-likeness (QED) is 0.576. The first-order valence-corrected chi connectivity index (χ1v) is 12.2. The molecule has 5 rings (SSSR count). The highest BCUT2D eigenvalue weighted by Gasteiger charge is 2.39. The van der Waals surface area contributed by atoms with Crippen molar-refractivity contribution >= 4 is 18.0 Å². The van der Waals surface area contributed by atoms with Gasteiger partial charge in [0, 0.05) is 12.0 Å². The lowest BCUT2D eigenvalue weighted by Gasteiger charge is -2.34. The molecule has 2 saturated carbocycles. The number of hydrogen-bond acceptors (Lipinski definition) is 4. The van der Waals surface area contributed by atoms with Crippen LogP contribution in [0.2, 0.25) is 0 Å². The van der Waals surface area contributed by atoms with Crippen molar-refractivity contribution in [2.75, 3.05) is 6.61 Å². The number of aliphatic carboxylic acids is 1. The van der Waals surface area contributed by atoms with Crippen molar-refractivity contribution in [3.8, 4) is 11.1 Å². The van der Waals surface area contributed by atoms with Crippen LogP contribution in [0.4, 0.5) is 4.79 Å². The van der Waals surface area contributed by atoms with Crippen molar-refractivity contribution in [2.45, 2.75) is 56.5 Å². The fourth-order valence-electron chi connectivity index (χ4n) is 5.64. The third-order valence-corrected chi connectivity index (χ3v) is 7.68. The molecule has 7 heteroatoms. The van der Waals surface area contributed by atoms with Crippen molar-refractivity contribution in [1.29, 1.82) is 0 Å². The van der Waals surface area contributed by atoms with Crippen molar-refractivity contribution in [2.24, 2.45) is 11.8 Å². The summed E-state index contributed by atoms with van der Waals surface area (Å²) in [5, 5.41) is 15.1. The van der Waals surface area contributed by atoms with Crippen LogP contribution in [0.1, 0.15) is 55.6 Å². The van der Waals surface area contributed by atoms with Crippen molar-refractivity contribution in [1.82, 2.24) is 10.6 Å². The Bertz CT molecular complexity index is 1050. The van der Waals surface area contributed by atoms with E-state index < -0.39 is 30.1 Å². The van der Waals surface area contributed by atoms with Crippen LogP contribution < -0.4 is 10.6 Å². The largest absolute Gasteiger partial charge is 0.481 e. The Hall–Kier alpha value is -3.35. The molecule has 3 atom stereocenters. The fraction of sp³-hybridized carbons (Fsp3) is 0.444. The van der Waals surface area contributed by atoms with Crippen molar-refractivity contribution in [3.05, 3.63) is 59.7 Å². The number of alkyl carbamates (subject to hydrolysis) is 1. The van der Waals surface area contributed by atoms with Gasteiger partial charge in [-0.1, -0.05) is 61.4 Å². The van der Waals surface area contributed by atoms with E-state index >= 15 is 0 Å². The average Bonchev–Trinajstić information content (AvgIpc) is 3.39. The molecular weight excluding hydrogens is 432 g/mol. The molecule has 0 radical (unpaired) electrons. The predicted octanol–water partition coefficient (Wildman–Crippen LogP) is 4.06. The Kier molecular flexibility index (Phi) is 6.26. The number of nitrogens with one attached hydrogen (secondary N) is 2. The zero-order chi connectivity index (χ0) is 23.7. The van der Waals surface area contributed by atoms with Crippen LogP contribution in [0.5, 0.6) is 0 Å². The summed E-state index contributed by atoms with van der Waals surface area (Å²) in [6, 6.07) is 15.2. The van der Waals surface area contributed by atoms with E-state index in [1.807, 2.05) is 24.3 Å². The summed E-state index contributed by atoms with van der Waals surface area (Å²) in [5.41, 5.74) is 4.57. The topological polar surface area (TPSA) is 105 Å². The molecule has 3 N–H and O–H groups in total. The number of benzene rings is 2. The van der Waals surface area contributed by atoms with Gasteiger partial charge in [0.1, 0.15) is 12.6 Å². The highest BCUT2D eigenvalue weighted by Crippen LogP contribution is 2.44. The van der Waals surface area contributed by atoms with Gasteiger partial charge in [0.25, 0.3) is 0 Å². The molecule has 2 amide bonds. The van der Waals surface area contributed by atoms with Crippen molar-refractivity contribution in [3.63, 3.8) is 0 Å². The van der Waals surface area contributed by atoms with Crippen LogP contribution in [0, 0.1) is 11.8 Å². The number of hydrogen-bond donors (Lipinski definition) is 3. The van der Waals surface area contributed by atoms with Gasteiger partial charge in [0.2, 0.25) is 5.91 Å². The zero-order valence-electron chi connectivity index (χ0n) is 19.0. The maximum atomic E-state index is 13.1. The summed E-state index contributed by atoms with van der Waals surface area (Å²) >= 11 is 0. The minimum atomic E-state index is -0.882. The van der Waals surface area contributed by atoms with E-state index in [0.717, 1.165) is 47.9 Å². The number of rotatable bonds is 7. The second kappa shape index (κ2) is 9.49. The Morgan fingerprint density at radius 3 is 2.12 bits per heavy atom. The lowest BCUT2D eigenvalue weighted by Crippen LogP contribution is -2.55. The number of carboxylic acids is 1. The van der Waals surface area contributed by atoms with Crippen LogP contribution in [-0.4, -0.2) is 41.8 Å². The van der Waals surface area contributed by atoms with E-state index in [4.69, 9.17) is 4.74 Å². The SMILES string of the molecule is O=C(NC(C(=O)N[C@@H]1CCC[C@@H]1C(=O)O)C1CCC1)OCC1c2ccccc2-c2ccccc21. The second-order valence-corrected chi connectivity index (χ2v) is 9.63. The molecular formula is C27H30N2O5. The molecule has 0 bridgehead atoms. The Balaban J connectivity index is 1.24. The highest BCUT2D eigenvalue weighted by molar-refractivity contribution is 5.87. The smallest absolute Gasteiger partial charge is 0.407 e. The molecule has 1 unspecified atom stereocenters. The van der Waals surface area contributed by atoms with Gasteiger partial charge in [0.05, 0.1) is 5.92 Å². The molecule has 0 aromatic heterocycles. The van der Waals surface area contributed by atoms with Gasteiger partial charge >= 0.3 is 12.1 Å². The van der Waals surface area contributed by atoms with Crippen LogP contribution >= 0.6 is 0 Å². The molecule has 0 aliphatic heterocycles. The third kappa shape index (κ3) is 4.27. The van der Waals surface area contributed by atoms with Crippen LogP contribution in [0.15, 0.2) is 48.5 Å². The maximum absolute atomic E-state index is 13.1. The van der Waals surface area contributed by atoms with Gasteiger partial charge in [-0.05, 0) is 53.9 Å². The third-order valence-electron chi connectivity index (χ3n) is 7.68. The summed E-state index contributed by atoms with van der Waals surface area (Å²) in [6.45, 7) is 0.183. The van der Waals surface area contributed by atoms with Crippen LogP contribution in [0.3, 0.4) is 0 Å². The zero-order valence-corrected chi connectivity index (χ0v) is 19.0. The first-order chi connectivity index (χ1) is 16.5. The molecule has 178 valence electrons. The van der Waals surface area contributed by atoms with Gasteiger partial charge < -0.3 is 20.5 Å². The van der Waals surface area contributed by atoms with Crippen LogP contribution in [0.25, 0.3) is 11.1 Å². The lowest BCUT2D eigenvalue weighted by molar-refractivity contribution is -0.142. The molecule has 7 nitrogen and oxygen atoms in total. The number of carbonyl (C=O) groups excluding carboxylic acids is 2. The molecule has 3 aliphatic rings. The maximum Gasteiger partial charge on any atom is 0.407 e. The second-order valence-electron chi connectivity index (χ2n) is 9.63. The molecule has 0 spiro atoms. The molecule has 2 aromatic rings. The van der Waals surface area contributed by atoms with Gasteiger partial charge in [-0.2, -0.15) is 0 Å². The number of ether oxygens (including phenoxy) is 1. The summed E-state index contributed by atoms with van der Waals surface area (Å²) in [7, 11) is 0. The molecule has 0 heterocycles. The van der Waals surface area contributed by atoms with E-state index in [-0.39, 0.29) is 24.3 Å². The monoisotopic (exact) mass is 462 g/mol. The molecule has 34 heavy (non-hydrogen) atoms. The van der Waals surface area contributed by atoms with E-state index in [1.165, 1.54) is 0 Å². The molecule has 2 aromatic carbocycles. The number of carbonyl (C=O) groups is 3. The predicted molar refractivity (Wildman–Crippen MR) is 126 cm³/mol. The minimum absolute atomic E-state index is 0.0464. The van der Waals surface area contributed by atoms with Gasteiger partial charge in [-0.15, -0.1) is 0 Å². The first-order valence-electron chi connectivity index (χ1n) is 12.2. The van der Waals surface area contributed by atoms with E-state index in [2.05, 4.69) is 34.9 Å². The Morgan fingerprint density at radius 2 is 1.53 bits per heavy atom. The Morgan fingerprint density at radius 1 is 0.912 bits per heavy atom. The first kappa shape index (κ1) is 22.4. The van der Waals surface area contributed by atoms with Crippen LogP contribution in [-0.2, 0) is 14.3 Å². The molecule has 0 saturated heterocycles. The van der Waals surface area contributed by atoms with E-state index in [1.54, 1.807) is 0 Å². The van der Waals surface area contributed by atoms with Gasteiger partial charge in [-0.3, -0.25) is 9.59 Å². The average molecular weight is 463 g/mol. The van der Waals surface area contributed by atoms with E-state index in [9.17, 15) is 19.5 Å². The number of fused-ring (bicyclic) bond motifs is 3. The molecule has 3 aliphatic carbocycles.